The molecule has 0 radical (unpaired) electrons. The van der Waals surface area contributed by atoms with Gasteiger partial charge in [0.2, 0.25) is 0 Å². The van der Waals surface area contributed by atoms with Crippen molar-refractivity contribution in [3.8, 4) is 0 Å². The molecule has 0 rings (SSSR count). The molecule has 0 aromatic heterocycles. The highest BCUT2D eigenvalue weighted by Gasteiger charge is 2.19. The largest absolute Gasteiger partial charge is 0.462 e. The van der Waals surface area contributed by atoms with Crippen molar-refractivity contribution >= 4 is 17.9 Å². The maximum Gasteiger partial charge on any atom is 0.306 e. The number of carbonyl (C=O) groups is 3. The van der Waals surface area contributed by atoms with E-state index in [0.29, 0.717) is 19.3 Å². The van der Waals surface area contributed by atoms with Crippen molar-refractivity contribution in [3.05, 3.63) is 60.8 Å². The highest BCUT2D eigenvalue weighted by molar-refractivity contribution is 5.71. The first kappa shape index (κ1) is 65.1. The maximum atomic E-state index is 12.8. The normalized spacial score (nSPS) is 12.5. The van der Waals surface area contributed by atoms with E-state index in [1.54, 1.807) is 0 Å². The molecule has 0 spiro atoms. The van der Waals surface area contributed by atoms with E-state index in [-0.39, 0.29) is 31.1 Å². The first-order chi connectivity index (χ1) is 33.5. The summed E-state index contributed by atoms with van der Waals surface area (Å²) in [6.07, 6.45) is 70.7. The summed E-state index contributed by atoms with van der Waals surface area (Å²) in [6, 6.07) is 0. The van der Waals surface area contributed by atoms with Gasteiger partial charge in [-0.25, -0.2) is 0 Å². The molecule has 0 amide bonds. The first-order valence-electron chi connectivity index (χ1n) is 29.3. The molecule has 0 aliphatic rings. The Morgan fingerprint density at radius 2 is 0.574 bits per heavy atom. The van der Waals surface area contributed by atoms with Crippen molar-refractivity contribution in [2.75, 3.05) is 13.2 Å². The molecule has 6 heteroatoms. The lowest BCUT2D eigenvalue weighted by molar-refractivity contribution is -0.167. The molecular formula is C62H110O6. The molecule has 0 fully saturated rings. The number of hydrogen-bond donors (Lipinski definition) is 0. The van der Waals surface area contributed by atoms with Crippen molar-refractivity contribution in [1.29, 1.82) is 0 Å². The smallest absolute Gasteiger partial charge is 0.306 e. The number of carbonyl (C=O) groups excluding carboxylic acids is 3. The van der Waals surface area contributed by atoms with Crippen LogP contribution in [0, 0.1) is 0 Å². The van der Waals surface area contributed by atoms with Gasteiger partial charge >= 0.3 is 17.9 Å². The fraction of sp³-hybridized carbons (Fsp3) is 0.790. The molecule has 394 valence electrons. The van der Waals surface area contributed by atoms with Gasteiger partial charge in [0.15, 0.2) is 6.10 Å². The molecule has 0 saturated carbocycles. The molecule has 1 atom stereocenters. The summed E-state index contributed by atoms with van der Waals surface area (Å²) >= 11 is 0. The van der Waals surface area contributed by atoms with Crippen LogP contribution in [-0.4, -0.2) is 37.2 Å². The molecule has 0 aliphatic carbocycles. The minimum Gasteiger partial charge on any atom is -0.462 e. The Bertz CT molecular complexity index is 1230. The van der Waals surface area contributed by atoms with Gasteiger partial charge in [0, 0.05) is 19.3 Å². The average Bonchev–Trinajstić information content (AvgIpc) is 3.34. The van der Waals surface area contributed by atoms with Gasteiger partial charge in [0.25, 0.3) is 0 Å². The van der Waals surface area contributed by atoms with Crippen LogP contribution in [0.2, 0.25) is 0 Å². The minimum absolute atomic E-state index is 0.0863. The molecule has 1 unspecified atom stereocenters. The fourth-order valence-electron chi connectivity index (χ4n) is 8.44. The second kappa shape index (κ2) is 56.7. The number of ether oxygens (including phenoxy) is 3. The van der Waals surface area contributed by atoms with Crippen LogP contribution in [0.3, 0.4) is 0 Å². The summed E-state index contributed by atoms with van der Waals surface area (Å²) in [4.78, 5) is 38.2. The van der Waals surface area contributed by atoms with Gasteiger partial charge in [-0.15, -0.1) is 0 Å². The molecule has 0 aromatic carbocycles. The monoisotopic (exact) mass is 951 g/mol. The zero-order valence-electron chi connectivity index (χ0n) is 45.1. The maximum absolute atomic E-state index is 12.8. The van der Waals surface area contributed by atoms with Crippen LogP contribution >= 0.6 is 0 Å². The van der Waals surface area contributed by atoms with Crippen LogP contribution in [0.4, 0.5) is 0 Å². The summed E-state index contributed by atoms with van der Waals surface area (Å²) in [5.41, 5.74) is 0. The number of esters is 3. The van der Waals surface area contributed by atoms with E-state index in [4.69, 9.17) is 14.2 Å². The van der Waals surface area contributed by atoms with Gasteiger partial charge in [0.05, 0.1) is 0 Å². The van der Waals surface area contributed by atoms with Crippen molar-refractivity contribution in [2.24, 2.45) is 0 Å². The van der Waals surface area contributed by atoms with Gasteiger partial charge in [0.1, 0.15) is 13.2 Å². The lowest BCUT2D eigenvalue weighted by Crippen LogP contribution is -2.30. The van der Waals surface area contributed by atoms with E-state index >= 15 is 0 Å². The summed E-state index contributed by atoms with van der Waals surface area (Å²) in [7, 11) is 0. The first-order valence-corrected chi connectivity index (χ1v) is 29.3. The van der Waals surface area contributed by atoms with E-state index in [1.165, 1.54) is 173 Å². The van der Waals surface area contributed by atoms with Crippen LogP contribution < -0.4 is 0 Å². The topological polar surface area (TPSA) is 78.9 Å². The minimum atomic E-state index is -0.792. The van der Waals surface area contributed by atoms with Crippen LogP contribution in [-0.2, 0) is 28.6 Å². The van der Waals surface area contributed by atoms with Gasteiger partial charge < -0.3 is 14.2 Å². The Morgan fingerprint density at radius 1 is 0.309 bits per heavy atom. The second-order valence-corrected chi connectivity index (χ2v) is 19.6. The molecule has 0 bridgehead atoms. The fourth-order valence-corrected chi connectivity index (χ4v) is 8.44. The van der Waals surface area contributed by atoms with Gasteiger partial charge in [-0.05, 0) is 64.2 Å². The third kappa shape index (κ3) is 54.1. The van der Waals surface area contributed by atoms with Crippen LogP contribution in [0.5, 0.6) is 0 Å². The Labute approximate surface area is 421 Å². The van der Waals surface area contributed by atoms with E-state index in [2.05, 4.69) is 81.5 Å². The van der Waals surface area contributed by atoms with Crippen LogP contribution in [0.15, 0.2) is 60.8 Å². The third-order valence-corrected chi connectivity index (χ3v) is 12.8. The van der Waals surface area contributed by atoms with E-state index in [1.807, 2.05) is 0 Å². The van der Waals surface area contributed by atoms with Crippen LogP contribution in [0.25, 0.3) is 0 Å². The number of unbranched alkanes of at least 4 members (excludes halogenated alkanes) is 35. The van der Waals surface area contributed by atoms with Crippen LogP contribution in [0.1, 0.15) is 297 Å². The SMILES string of the molecule is CC\C=C/C=C\C=C/CCCCCCCCCC(=O)OCC(COC(=O)CCCCCCCCCCCCCCCCCCCCC)OC(=O)CCCCC/C=C\C=C/CCCCCCCCC. The van der Waals surface area contributed by atoms with Gasteiger partial charge in [-0.2, -0.15) is 0 Å². The Balaban J connectivity index is 4.38. The Kier molecular flexibility index (Phi) is 54.3. The molecular weight excluding hydrogens is 841 g/mol. The zero-order valence-corrected chi connectivity index (χ0v) is 45.1. The summed E-state index contributed by atoms with van der Waals surface area (Å²) < 4.78 is 16.9. The predicted octanol–water partition coefficient (Wildman–Crippen LogP) is 19.6. The highest BCUT2D eigenvalue weighted by atomic mass is 16.6. The average molecular weight is 952 g/mol. The summed E-state index contributed by atoms with van der Waals surface area (Å²) in [5, 5.41) is 0. The number of hydrogen-bond acceptors (Lipinski definition) is 6. The summed E-state index contributed by atoms with van der Waals surface area (Å²) in [5.74, 6) is -0.912. The van der Waals surface area contributed by atoms with Crippen molar-refractivity contribution in [3.63, 3.8) is 0 Å². The molecule has 0 saturated heterocycles. The van der Waals surface area contributed by atoms with E-state index < -0.39 is 6.10 Å². The third-order valence-electron chi connectivity index (χ3n) is 12.8. The lowest BCUT2D eigenvalue weighted by atomic mass is 10.0. The number of rotatable bonds is 53. The summed E-state index contributed by atoms with van der Waals surface area (Å²) in [6.45, 7) is 6.51. The zero-order chi connectivity index (χ0) is 49.3. The predicted molar refractivity (Wildman–Crippen MR) is 293 cm³/mol. The standard InChI is InChI=1S/C62H110O6/c1-4-7-10-13-16-19-22-25-28-30-31-32-35-37-40-43-46-49-52-55-61(64)67-58-59(57-66-60(63)54-51-48-45-42-39-36-33-27-24-21-18-15-12-9-6-3)68-62(65)56-53-50-47-44-41-38-34-29-26-23-20-17-14-11-8-5-2/h9,12,15,18,21,24,29,34,38,41,59H,4-8,10-11,13-14,16-17,19-20,22-23,25-28,30-33,35-37,39-40,42-58H2,1-3H3/b12-9-,18-15-,24-21-,34-29-,41-38-. The Morgan fingerprint density at radius 3 is 0.912 bits per heavy atom. The lowest BCUT2D eigenvalue weighted by Gasteiger charge is -2.18. The van der Waals surface area contributed by atoms with Gasteiger partial charge in [-0.3, -0.25) is 14.4 Å². The molecule has 6 nitrogen and oxygen atoms in total. The highest BCUT2D eigenvalue weighted by Crippen LogP contribution is 2.16. The molecule has 68 heavy (non-hydrogen) atoms. The molecule has 0 heterocycles. The van der Waals surface area contributed by atoms with Gasteiger partial charge in [-0.1, -0.05) is 274 Å². The van der Waals surface area contributed by atoms with Crippen molar-refractivity contribution in [1.82, 2.24) is 0 Å². The Hall–Kier alpha value is -2.89. The van der Waals surface area contributed by atoms with E-state index in [0.717, 1.165) is 83.5 Å². The number of allylic oxidation sites excluding steroid dienone is 10. The second-order valence-electron chi connectivity index (χ2n) is 19.6. The van der Waals surface area contributed by atoms with E-state index in [9.17, 15) is 14.4 Å². The van der Waals surface area contributed by atoms with Crippen molar-refractivity contribution in [2.45, 2.75) is 303 Å². The van der Waals surface area contributed by atoms with Crippen molar-refractivity contribution < 1.29 is 28.6 Å². The quantitative estimate of drug-likeness (QED) is 0.0262. The molecule has 0 aromatic rings. The molecule has 0 N–H and O–H groups in total. The molecule has 0 aliphatic heterocycles.